The van der Waals surface area contributed by atoms with Gasteiger partial charge in [0.2, 0.25) is 11.8 Å². The molecular weight excluding hydrogens is 396 g/mol. The maximum atomic E-state index is 12.4. The van der Waals surface area contributed by atoms with Crippen LogP contribution in [0.15, 0.2) is 83.1 Å². The number of ether oxygens (including phenoxy) is 1. The van der Waals surface area contributed by atoms with Gasteiger partial charge in [-0.25, -0.2) is 4.98 Å². The molecule has 0 unspecified atom stereocenters. The highest BCUT2D eigenvalue weighted by atomic mass is 16.5. The van der Waals surface area contributed by atoms with Gasteiger partial charge in [0.25, 0.3) is 0 Å². The summed E-state index contributed by atoms with van der Waals surface area (Å²) in [6.07, 6.45) is 17.6. The standard InChI is InChI=1S/C28H38N2O2/c1-22(15-16-25-24(3)13-10-17-28(25,4)5)11-9-12-23(2)21-27(31)30(6)19-20-32-26-14-7-8-18-29-26/h7-9,11-12,14-16,18,21H,10,13,17,19-20H2,1-6H3. The van der Waals surface area contributed by atoms with Gasteiger partial charge in [-0.15, -0.1) is 0 Å². The summed E-state index contributed by atoms with van der Waals surface area (Å²) >= 11 is 0. The molecule has 0 N–H and O–H groups in total. The Hall–Kier alpha value is -2.88. The van der Waals surface area contributed by atoms with Crippen LogP contribution < -0.4 is 4.74 Å². The third-order valence-electron chi connectivity index (χ3n) is 5.82. The van der Waals surface area contributed by atoms with E-state index in [4.69, 9.17) is 4.74 Å². The fourth-order valence-electron chi connectivity index (χ4n) is 3.82. The predicted molar refractivity (Wildman–Crippen MR) is 133 cm³/mol. The second-order valence-electron chi connectivity index (χ2n) is 9.20. The van der Waals surface area contributed by atoms with E-state index in [9.17, 15) is 4.79 Å². The SMILES string of the molecule is CC(C=CC1=C(C)CCCC1(C)C)=CC=CC(C)=CC(=O)N(C)CCOc1ccccn1. The van der Waals surface area contributed by atoms with Crippen molar-refractivity contribution in [3.8, 4) is 5.88 Å². The Bertz CT molecular complexity index is 918. The number of likely N-dealkylation sites (N-methyl/N-ethyl adjacent to an activating group) is 1. The highest BCUT2D eigenvalue weighted by molar-refractivity contribution is 5.88. The first-order valence-electron chi connectivity index (χ1n) is 11.4. The molecule has 1 aliphatic carbocycles. The summed E-state index contributed by atoms with van der Waals surface area (Å²) < 4.78 is 5.55. The van der Waals surface area contributed by atoms with Crippen LogP contribution in [0.1, 0.15) is 53.9 Å². The van der Waals surface area contributed by atoms with Gasteiger partial charge >= 0.3 is 0 Å². The van der Waals surface area contributed by atoms with Crippen molar-refractivity contribution >= 4 is 5.91 Å². The van der Waals surface area contributed by atoms with Gasteiger partial charge in [-0.05, 0) is 62.7 Å². The highest BCUT2D eigenvalue weighted by Gasteiger charge is 2.26. The average Bonchev–Trinajstić information content (AvgIpc) is 2.73. The van der Waals surface area contributed by atoms with Gasteiger partial charge in [-0.1, -0.05) is 61.4 Å². The molecule has 1 aromatic rings. The minimum absolute atomic E-state index is 0.0423. The lowest BCUT2D eigenvalue weighted by molar-refractivity contribution is -0.125. The molecule has 0 aromatic carbocycles. The molecule has 0 aliphatic heterocycles. The van der Waals surface area contributed by atoms with Gasteiger partial charge in [-0.3, -0.25) is 4.79 Å². The quantitative estimate of drug-likeness (QED) is 0.331. The Morgan fingerprint density at radius 2 is 2.00 bits per heavy atom. The Morgan fingerprint density at radius 3 is 2.69 bits per heavy atom. The lowest BCUT2D eigenvalue weighted by atomic mass is 9.72. The van der Waals surface area contributed by atoms with Crippen LogP contribution >= 0.6 is 0 Å². The number of carbonyl (C=O) groups is 1. The van der Waals surface area contributed by atoms with E-state index in [1.54, 1.807) is 30.3 Å². The maximum Gasteiger partial charge on any atom is 0.246 e. The number of carbonyl (C=O) groups excluding carboxylic acids is 1. The van der Waals surface area contributed by atoms with Gasteiger partial charge in [-0.2, -0.15) is 0 Å². The van der Waals surface area contributed by atoms with Crippen LogP contribution in [0, 0.1) is 5.41 Å². The van der Waals surface area contributed by atoms with E-state index in [0.717, 1.165) is 5.57 Å². The van der Waals surface area contributed by atoms with E-state index in [2.05, 4.69) is 50.9 Å². The lowest BCUT2D eigenvalue weighted by Crippen LogP contribution is -2.29. The largest absolute Gasteiger partial charge is 0.476 e. The fourth-order valence-corrected chi connectivity index (χ4v) is 3.82. The number of aromatic nitrogens is 1. The van der Waals surface area contributed by atoms with E-state index < -0.39 is 0 Å². The Morgan fingerprint density at radius 1 is 1.22 bits per heavy atom. The van der Waals surface area contributed by atoms with Crippen LogP contribution in [0.2, 0.25) is 0 Å². The number of amides is 1. The molecule has 0 fully saturated rings. The summed E-state index contributed by atoms with van der Waals surface area (Å²) in [5, 5.41) is 0. The van der Waals surface area contributed by atoms with Gasteiger partial charge in [0.1, 0.15) is 6.61 Å². The molecule has 0 saturated heterocycles. The zero-order valence-electron chi connectivity index (χ0n) is 20.5. The summed E-state index contributed by atoms with van der Waals surface area (Å²) in [7, 11) is 1.77. The summed E-state index contributed by atoms with van der Waals surface area (Å²) in [4.78, 5) is 18.1. The van der Waals surface area contributed by atoms with Crippen molar-refractivity contribution in [2.45, 2.75) is 53.9 Å². The highest BCUT2D eigenvalue weighted by Crippen LogP contribution is 2.40. The second-order valence-corrected chi connectivity index (χ2v) is 9.20. The van der Waals surface area contributed by atoms with E-state index in [1.807, 2.05) is 31.2 Å². The van der Waals surface area contributed by atoms with Crippen molar-refractivity contribution in [3.05, 3.63) is 83.1 Å². The van der Waals surface area contributed by atoms with Crippen molar-refractivity contribution < 1.29 is 9.53 Å². The third-order valence-corrected chi connectivity index (χ3v) is 5.82. The molecule has 1 heterocycles. The van der Waals surface area contributed by atoms with E-state index in [-0.39, 0.29) is 11.3 Å². The van der Waals surface area contributed by atoms with Crippen molar-refractivity contribution in [1.82, 2.24) is 9.88 Å². The molecule has 172 valence electrons. The van der Waals surface area contributed by atoms with E-state index in [1.165, 1.54) is 36.0 Å². The maximum absolute atomic E-state index is 12.4. The molecule has 0 spiro atoms. The number of allylic oxidation sites excluding steroid dienone is 9. The summed E-state index contributed by atoms with van der Waals surface area (Å²) in [6, 6.07) is 5.51. The first-order chi connectivity index (χ1) is 15.2. The zero-order valence-corrected chi connectivity index (χ0v) is 20.5. The monoisotopic (exact) mass is 434 g/mol. The molecule has 4 nitrogen and oxygen atoms in total. The van der Waals surface area contributed by atoms with Crippen LogP contribution in [0.4, 0.5) is 0 Å². The minimum Gasteiger partial charge on any atom is -0.476 e. The minimum atomic E-state index is -0.0423. The van der Waals surface area contributed by atoms with Gasteiger partial charge in [0, 0.05) is 25.4 Å². The molecule has 4 heteroatoms. The normalized spacial score (nSPS) is 17.3. The number of pyridine rings is 1. The Labute approximate surface area is 194 Å². The van der Waals surface area contributed by atoms with Crippen LogP contribution in [0.25, 0.3) is 0 Å². The van der Waals surface area contributed by atoms with Crippen molar-refractivity contribution in [3.63, 3.8) is 0 Å². The van der Waals surface area contributed by atoms with Crippen molar-refractivity contribution in [2.75, 3.05) is 20.2 Å². The molecule has 0 radical (unpaired) electrons. The number of nitrogens with zero attached hydrogens (tertiary/aromatic N) is 2. The van der Waals surface area contributed by atoms with Crippen molar-refractivity contribution in [2.24, 2.45) is 5.41 Å². The number of hydrogen-bond donors (Lipinski definition) is 0. The second kappa shape index (κ2) is 12.2. The van der Waals surface area contributed by atoms with Crippen LogP contribution in [-0.4, -0.2) is 36.0 Å². The smallest absolute Gasteiger partial charge is 0.246 e. The fraction of sp³-hybridized carbons (Fsp3) is 0.429. The molecule has 2 rings (SSSR count). The number of hydrogen-bond acceptors (Lipinski definition) is 3. The lowest BCUT2D eigenvalue weighted by Gasteiger charge is -2.32. The topological polar surface area (TPSA) is 42.4 Å². The van der Waals surface area contributed by atoms with Gasteiger partial charge in [0.05, 0.1) is 6.54 Å². The Kier molecular flexibility index (Phi) is 9.70. The molecule has 32 heavy (non-hydrogen) atoms. The molecular formula is C28H38N2O2. The average molecular weight is 435 g/mol. The van der Waals surface area contributed by atoms with E-state index in [0.29, 0.717) is 19.0 Å². The third kappa shape index (κ3) is 8.33. The predicted octanol–water partition coefficient (Wildman–Crippen LogP) is 6.45. The molecule has 1 aromatic heterocycles. The molecule has 1 aliphatic rings. The molecule has 0 saturated carbocycles. The first-order valence-corrected chi connectivity index (χ1v) is 11.4. The van der Waals surface area contributed by atoms with Gasteiger partial charge < -0.3 is 9.64 Å². The van der Waals surface area contributed by atoms with E-state index >= 15 is 0 Å². The summed E-state index contributed by atoms with van der Waals surface area (Å²) in [5.41, 5.74) is 5.33. The Balaban J connectivity index is 1.85. The zero-order chi connectivity index (χ0) is 23.6. The number of rotatable bonds is 9. The molecule has 1 amide bonds. The van der Waals surface area contributed by atoms with Crippen LogP contribution in [0.3, 0.4) is 0 Å². The van der Waals surface area contributed by atoms with Gasteiger partial charge in [0.15, 0.2) is 0 Å². The van der Waals surface area contributed by atoms with Crippen molar-refractivity contribution in [1.29, 1.82) is 0 Å². The first kappa shape index (κ1) is 25.4. The van der Waals surface area contributed by atoms with Crippen LogP contribution in [-0.2, 0) is 4.79 Å². The molecule has 0 bridgehead atoms. The summed E-state index contributed by atoms with van der Waals surface area (Å²) in [6.45, 7) is 11.9. The van der Waals surface area contributed by atoms with Crippen LogP contribution in [0.5, 0.6) is 5.88 Å². The molecule has 0 atom stereocenters. The summed E-state index contributed by atoms with van der Waals surface area (Å²) in [5.74, 6) is 0.525.